The molecule has 0 aliphatic carbocycles. The van der Waals surface area contributed by atoms with Crippen molar-refractivity contribution >= 4 is 10.8 Å². The first-order chi connectivity index (χ1) is 10.2. The highest BCUT2D eigenvalue weighted by atomic mass is 19.1. The van der Waals surface area contributed by atoms with Crippen LogP contribution in [0.2, 0.25) is 0 Å². The second kappa shape index (κ2) is 5.50. The van der Waals surface area contributed by atoms with Crippen molar-refractivity contribution in [3.8, 4) is 5.75 Å². The van der Waals surface area contributed by atoms with Crippen LogP contribution in [0.25, 0.3) is 10.8 Å². The molecular formula is C17H15FN2O. The summed E-state index contributed by atoms with van der Waals surface area (Å²) in [5.74, 6) is 0.0749. The van der Waals surface area contributed by atoms with Gasteiger partial charge in [-0.05, 0) is 17.5 Å². The summed E-state index contributed by atoms with van der Waals surface area (Å²) in [6.07, 6.45) is 1.69. The quantitative estimate of drug-likeness (QED) is 0.800. The van der Waals surface area contributed by atoms with Crippen molar-refractivity contribution in [1.82, 2.24) is 4.98 Å². The molecule has 0 amide bonds. The van der Waals surface area contributed by atoms with Crippen LogP contribution in [-0.4, -0.2) is 12.1 Å². The van der Waals surface area contributed by atoms with E-state index >= 15 is 0 Å². The van der Waals surface area contributed by atoms with Gasteiger partial charge in [0.2, 0.25) is 0 Å². The lowest BCUT2D eigenvalue weighted by Crippen LogP contribution is -2.15. The first-order valence-corrected chi connectivity index (χ1v) is 6.63. The van der Waals surface area contributed by atoms with Crippen molar-refractivity contribution in [2.45, 2.75) is 6.04 Å². The second-order valence-corrected chi connectivity index (χ2v) is 4.78. The summed E-state index contributed by atoms with van der Waals surface area (Å²) in [5.41, 5.74) is 7.30. The van der Waals surface area contributed by atoms with E-state index in [2.05, 4.69) is 4.98 Å². The predicted molar refractivity (Wildman–Crippen MR) is 80.7 cm³/mol. The molecule has 3 rings (SSSR count). The fourth-order valence-corrected chi connectivity index (χ4v) is 2.43. The molecule has 2 N–H and O–H groups in total. The third kappa shape index (κ3) is 2.45. The van der Waals surface area contributed by atoms with Gasteiger partial charge in [0.05, 0.1) is 18.8 Å². The number of methoxy groups -OCH3 is 1. The van der Waals surface area contributed by atoms with Gasteiger partial charge in [-0.3, -0.25) is 4.98 Å². The van der Waals surface area contributed by atoms with Gasteiger partial charge in [-0.2, -0.15) is 0 Å². The zero-order valence-corrected chi connectivity index (χ0v) is 11.6. The molecule has 106 valence electrons. The van der Waals surface area contributed by atoms with Crippen LogP contribution in [0.15, 0.2) is 54.7 Å². The average molecular weight is 282 g/mol. The summed E-state index contributed by atoms with van der Waals surface area (Å²) in [4.78, 5) is 4.34. The Hall–Kier alpha value is -2.46. The van der Waals surface area contributed by atoms with Crippen LogP contribution in [0.4, 0.5) is 4.39 Å². The number of rotatable bonds is 3. The number of aromatic nitrogens is 1. The van der Waals surface area contributed by atoms with E-state index in [1.54, 1.807) is 18.3 Å². The maximum absolute atomic E-state index is 14.2. The van der Waals surface area contributed by atoms with Gasteiger partial charge in [0.1, 0.15) is 11.6 Å². The molecule has 2 aromatic carbocycles. The van der Waals surface area contributed by atoms with Crippen molar-refractivity contribution in [1.29, 1.82) is 0 Å². The number of hydrogen-bond acceptors (Lipinski definition) is 3. The third-order valence-electron chi connectivity index (χ3n) is 3.54. The molecule has 4 heteroatoms. The largest absolute Gasteiger partial charge is 0.497 e. The van der Waals surface area contributed by atoms with E-state index in [1.165, 1.54) is 13.2 Å². The number of benzene rings is 2. The number of fused-ring (bicyclic) bond motifs is 1. The molecule has 3 aromatic rings. The van der Waals surface area contributed by atoms with Crippen molar-refractivity contribution in [2.75, 3.05) is 7.11 Å². The van der Waals surface area contributed by atoms with E-state index in [0.717, 1.165) is 10.8 Å². The van der Waals surface area contributed by atoms with E-state index < -0.39 is 11.9 Å². The van der Waals surface area contributed by atoms with Gasteiger partial charge < -0.3 is 10.5 Å². The molecule has 1 unspecified atom stereocenters. The molecule has 3 nitrogen and oxygen atoms in total. The summed E-state index contributed by atoms with van der Waals surface area (Å²) in [5, 5.41) is 1.97. The van der Waals surface area contributed by atoms with Crippen LogP contribution in [0.5, 0.6) is 5.75 Å². The SMILES string of the molecule is COc1ccc(C(N)c2nccc3ccccc23)c(F)c1. The Bertz CT molecular complexity index is 783. The number of halogens is 1. The predicted octanol–water partition coefficient (Wildman–Crippen LogP) is 3.43. The standard InChI is InChI=1S/C17H15FN2O/c1-21-12-6-7-14(15(18)10-12)16(19)17-13-5-3-2-4-11(13)8-9-20-17/h2-10,16H,19H2,1H3. The zero-order chi connectivity index (χ0) is 14.8. The van der Waals surface area contributed by atoms with Gasteiger partial charge in [-0.25, -0.2) is 4.39 Å². The lowest BCUT2D eigenvalue weighted by atomic mass is 9.99. The Morgan fingerprint density at radius 3 is 2.71 bits per heavy atom. The summed E-state index contributed by atoms with van der Waals surface area (Å²) in [6.45, 7) is 0. The minimum absolute atomic E-state index is 0.392. The molecule has 1 atom stereocenters. The van der Waals surface area contributed by atoms with Gasteiger partial charge >= 0.3 is 0 Å². The third-order valence-corrected chi connectivity index (χ3v) is 3.54. The summed E-state index contributed by atoms with van der Waals surface area (Å²) >= 11 is 0. The number of nitrogens with zero attached hydrogens (tertiary/aromatic N) is 1. The molecule has 21 heavy (non-hydrogen) atoms. The number of ether oxygens (including phenoxy) is 1. The average Bonchev–Trinajstić information content (AvgIpc) is 2.53. The lowest BCUT2D eigenvalue weighted by Gasteiger charge is -2.15. The van der Waals surface area contributed by atoms with Crippen LogP contribution in [0, 0.1) is 5.82 Å². The number of nitrogens with two attached hydrogens (primary N) is 1. The van der Waals surface area contributed by atoms with Crippen molar-refractivity contribution in [3.63, 3.8) is 0 Å². The van der Waals surface area contributed by atoms with Crippen molar-refractivity contribution in [2.24, 2.45) is 5.73 Å². The van der Waals surface area contributed by atoms with E-state index in [-0.39, 0.29) is 0 Å². The van der Waals surface area contributed by atoms with Crippen molar-refractivity contribution < 1.29 is 9.13 Å². The zero-order valence-electron chi connectivity index (χ0n) is 11.6. The Morgan fingerprint density at radius 2 is 1.95 bits per heavy atom. The Morgan fingerprint density at radius 1 is 1.14 bits per heavy atom. The molecule has 0 spiro atoms. The van der Waals surface area contributed by atoms with E-state index in [9.17, 15) is 4.39 Å². The minimum atomic E-state index is -0.623. The van der Waals surface area contributed by atoms with Crippen LogP contribution in [0.3, 0.4) is 0 Å². The molecule has 0 bridgehead atoms. The van der Waals surface area contributed by atoms with Gasteiger partial charge in [0.25, 0.3) is 0 Å². The van der Waals surface area contributed by atoms with Crippen LogP contribution in [0.1, 0.15) is 17.3 Å². The maximum atomic E-state index is 14.2. The molecule has 1 heterocycles. The fourth-order valence-electron chi connectivity index (χ4n) is 2.43. The van der Waals surface area contributed by atoms with E-state index in [1.807, 2.05) is 30.3 Å². The summed E-state index contributed by atoms with van der Waals surface area (Å²) in [7, 11) is 1.50. The monoisotopic (exact) mass is 282 g/mol. The Labute approximate surface area is 122 Å². The highest BCUT2D eigenvalue weighted by molar-refractivity contribution is 5.85. The highest BCUT2D eigenvalue weighted by Crippen LogP contribution is 2.28. The highest BCUT2D eigenvalue weighted by Gasteiger charge is 2.17. The molecule has 1 aromatic heterocycles. The Kier molecular flexibility index (Phi) is 3.54. The summed E-state index contributed by atoms with van der Waals surface area (Å²) in [6, 6.07) is 13.8. The molecule has 0 saturated carbocycles. The molecule has 0 aliphatic rings. The second-order valence-electron chi connectivity index (χ2n) is 4.78. The smallest absolute Gasteiger partial charge is 0.132 e. The first kappa shape index (κ1) is 13.5. The van der Waals surface area contributed by atoms with E-state index in [0.29, 0.717) is 17.0 Å². The molecule has 0 radical (unpaired) electrons. The topological polar surface area (TPSA) is 48.1 Å². The van der Waals surface area contributed by atoms with Gasteiger partial charge in [-0.15, -0.1) is 0 Å². The van der Waals surface area contributed by atoms with Gasteiger partial charge in [0, 0.05) is 23.2 Å². The molecule has 0 fully saturated rings. The van der Waals surface area contributed by atoms with Crippen LogP contribution < -0.4 is 10.5 Å². The van der Waals surface area contributed by atoms with Gasteiger partial charge in [-0.1, -0.05) is 30.3 Å². The Balaban J connectivity index is 2.10. The molecule has 0 aliphatic heterocycles. The first-order valence-electron chi connectivity index (χ1n) is 6.63. The number of pyridine rings is 1. The van der Waals surface area contributed by atoms with Crippen molar-refractivity contribution in [3.05, 3.63) is 71.8 Å². The van der Waals surface area contributed by atoms with Gasteiger partial charge in [0.15, 0.2) is 0 Å². The fraction of sp³-hybridized carbons (Fsp3) is 0.118. The van der Waals surface area contributed by atoms with Crippen LogP contribution in [-0.2, 0) is 0 Å². The van der Waals surface area contributed by atoms with Crippen LogP contribution >= 0.6 is 0 Å². The number of hydrogen-bond donors (Lipinski definition) is 1. The normalized spacial score (nSPS) is 12.3. The summed E-state index contributed by atoms with van der Waals surface area (Å²) < 4.78 is 19.2. The maximum Gasteiger partial charge on any atom is 0.132 e. The minimum Gasteiger partial charge on any atom is -0.497 e. The lowest BCUT2D eigenvalue weighted by molar-refractivity contribution is 0.410. The van der Waals surface area contributed by atoms with E-state index in [4.69, 9.17) is 10.5 Å². The molecular weight excluding hydrogens is 267 g/mol. The molecule has 0 saturated heterocycles.